The second-order valence-electron chi connectivity index (χ2n) is 11.6. The average molecular weight is 556 g/mol. The lowest BCUT2D eigenvalue weighted by atomic mass is 10.1. The normalized spacial score (nSPS) is 21.9. The molecule has 12 nitrogen and oxygen atoms in total. The van der Waals surface area contributed by atoms with Crippen molar-refractivity contribution in [3.8, 4) is 0 Å². The van der Waals surface area contributed by atoms with Crippen LogP contribution >= 0.6 is 0 Å². The topological polar surface area (TPSA) is 156 Å². The molecule has 2 aliphatic rings. The molecule has 40 heavy (non-hydrogen) atoms. The third-order valence-corrected chi connectivity index (χ3v) is 7.30. The smallest absolute Gasteiger partial charge is 0.407 e. The van der Waals surface area contributed by atoms with Crippen LogP contribution in [0.25, 0.3) is 0 Å². The molecule has 1 aromatic heterocycles. The molecule has 2 aromatic rings. The maximum atomic E-state index is 13.7. The van der Waals surface area contributed by atoms with Gasteiger partial charge in [0, 0.05) is 25.9 Å². The van der Waals surface area contributed by atoms with E-state index < -0.39 is 30.0 Å². The number of alkyl carbamates (subject to hydrolysis) is 1. The Kier molecular flexibility index (Phi) is 9.41. The van der Waals surface area contributed by atoms with Gasteiger partial charge < -0.3 is 30.7 Å². The van der Waals surface area contributed by atoms with E-state index in [-0.39, 0.29) is 24.4 Å². The molecule has 0 aliphatic carbocycles. The largest absolute Gasteiger partial charge is 0.444 e. The van der Waals surface area contributed by atoms with Gasteiger partial charge in [0.05, 0.1) is 24.8 Å². The van der Waals surface area contributed by atoms with Gasteiger partial charge in [0.15, 0.2) is 0 Å². The van der Waals surface area contributed by atoms with Crippen molar-refractivity contribution in [2.75, 3.05) is 13.1 Å². The number of aliphatic hydroxyl groups excluding tert-OH is 1. The standard InChI is InChI=1S/C28H41N7O5/c1-28(2,3)40-27(39)30-16-20-17-35(32-31-20)21-15-23(26(38)33-14-8-12-22(33)25(29)37)34(18-21)24(36)13-7-11-19-9-5-4-6-10-19/h4-6,9-10,17,21-23,25,37H,7-8,11-16,18,29H2,1-3H3,(H,30,39)/t21-,22-,23-,25+/m0/s1. The molecule has 4 rings (SSSR count). The highest BCUT2D eigenvalue weighted by atomic mass is 16.6. The van der Waals surface area contributed by atoms with Gasteiger partial charge in [-0.05, 0) is 52.0 Å². The van der Waals surface area contributed by atoms with Gasteiger partial charge in [-0.25, -0.2) is 9.48 Å². The van der Waals surface area contributed by atoms with E-state index in [4.69, 9.17) is 10.5 Å². The summed E-state index contributed by atoms with van der Waals surface area (Å²) in [6.45, 7) is 6.30. The first kappa shape index (κ1) is 29.5. The Morgan fingerprint density at radius 3 is 2.65 bits per heavy atom. The zero-order chi connectivity index (χ0) is 28.9. The molecule has 2 saturated heterocycles. The molecule has 0 spiro atoms. The Labute approximate surface area is 234 Å². The number of aryl methyl sites for hydroxylation is 1. The minimum Gasteiger partial charge on any atom is -0.444 e. The van der Waals surface area contributed by atoms with Crippen molar-refractivity contribution >= 4 is 17.9 Å². The number of nitrogens with two attached hydrogens (primary N) is 1. The number of nitrogens with one attached hydrogen (secondary N) is 1. The molecular formula is C28H41N7O5. The van der Waals surface area contributed by atoms with E-state index in [9.17, 15) is 19.5 Å². The van der Waals surface area contributed by atoms with Crippen molar-refractivity contribution in [1.82, 2.24) is 30.1 Å². The van der Waals surface area contributed by atoms with Gasteiger partial charge in [-0.3, -0.25) is 9.59 Å². The van der Waals surface area contributed by atoms with Crippen LogP contribution in [0.15, 0.2) is 36.5 Å². The van der Waals surface area contributed by atoms with Crippen molar-refractivity contribution in [3.05, 3.63) is 47.8 Å². The first-order chi connectivity index (χ1) is 19.0. The van der Waals surface area contributed by atoms with Gasteiger partial charge in [-0.2, -0.15) is 0 Å². The summed E-state index contributed by atoms with van der Waals surface area (Å²) in [4.78, 5) is 42.4. The molecule has 0 bridgehead atoms. The molecule has 218 valence electrons. The van der Waals surface area contributed by atoms with Crippen molar-refractivity contribution in [2.24, 2.45) is 5.73 Å². The fourth-order valence-electron chi connectivity index (χ4n) is 5.41. The fourth-order valence-corrected chi connectivity index (χ4v) is 5.41. The third-order valence-electron chi connectivity index (χ3n) is 7.30. The first-order valence-electron chi connectivity index (χ1n) is 14.0. The van der Waals surface area contributed by atoms with Gasteiger partial charge in [0.1, 0.15) is 23.6 Å². The lowest BCUT2D eigenvalue weighted by Gasteiger charge is -2.32. The highest BCUT2D eigenvalue weighted by Crippen LogP contribution is 2.31. The number of carbonyl (C=O) groups excluding carboxylic acids is 3. The summed E-state index contributed by atoms with van der Waals surface area (Å²) < 4.78 is 6.92. The van der Waals surface area contributed by atoms with Crippen LogP contribution in [0.2, 0.25) is 0 Å². The number of aromatic nitrogens is 3. The second kappa shape index (κ2) is 12.8. The Morgan fingerprint density at radius 2 is 1.95 bits per heavy atom. The number of rotatable bonds is 9. The molecule has 0 unspecified atom stereocenters. The number of likely N-dealkylation sites (tertiary alicyclic amines) is 2. The number of nitrogens with zero attached hydrogens (tertiary/aromatic N) is 5. The number of benzene rings is 1. The number of amides is 3. The Morgan fingerprint density at radius 1 is 1.20 bits per heavy atom. The number of ether oxygens (including phenoxy) is 1. The summed E-state index contributed by atoms with van der Waals surface area (Å²) in [5.74, 6) is -0.286. The van der Waals surface area contributed by atoms with Gasteiger partial charge in [-0.1, -0.05) is 35.5 Å². The SMILES string of the molecule is CC(C)(C)OC(=O)NCc1cn([C@H]2C[C@@H](C(=O)N3CCC[C@H]3[C@H](N)O)N(C(=O)CCCc3ccccc3)C2)nn1. The van der Waals surface area contributed by atoms with Crippen LogP contribution in [0.3, 0.4) is 0 Å². The second-order valence-corrected chi connectivity index (χ2v) is 11.6. The van der Waals surface area contributed by atoms with Crippen LogP contribution in [0.5, 0.6) is 0 Å². The van der Waals surface area contributed by atoms with E-state index in [1.807, 2.05) is 30.3 Å². The van der Waals surface area contributed by atoms with Crippen molar-refractivity contribution in [2.45, 2.75) is 95.8 Å². The van der Waals surface area contributed by atoms with Crippen LogP contribution in [-0.2, 0) is 27.3 Å². The van der Waals surface area contributed by atoms with Crippen molar-refractivity contribution in [3.63, 3.8) is 0 Å². The van der Waals surface area contributed by atoms with Crippen molar-refractivity contribution in [1.29, 1.82) is 0 Å². The van der Waals surface area contributed by atoms with E-state index in [1.54, 1.807) is 41.4 Å². The molecule has 4 N–H and O–H groups in total. The summed E-state index contributed by atoms with van der Waals surface area (Å²) in [6, 6.07) is 8.58. The fraction of sp³-hybridized carbons (Fsp3) is 0.607. The zero-order valence-electron chi connectivity index (χ0n) is 23.5. The maximum absolute atomic E-state index is 13.7. The van der Waals surface area contributed by atoms with Gasteiger partial charge in [0.25, 0.3) is 0 Å². The van der Waals surface area contributed by atoms with E-state index >= 15 is 0 Å². The van der Waals surface area contributed by atoms with E-state index in [1.165, 1.54) is 0 Å². The van der Waals surface area contributed by atoms with Crippen LogP contribution in [0.4, 0.5) is 4.79 Å². The van der Waals surface area contributed by atoms with Crippen LogP contribution in [0, 0.1) is 0 Å². The predicted molar refractivity (Wildman–Crippen MR) is 147 cm³/mol. The summed E-state index contributed by atoms with van der Waals surface area (Å²) in [5, 5.41) is 21.1. The molecular weight excluding hydrogens is 514 g/mol. The minimum atomic E-state index is -1.13. The molecule has 3 heterocycles. The van der Waals surface area contributed by atoms with E-state index in [0.717, 1.165) is 18.4 Å². The Bertz CT molecular complexity index is 1160. The molecule has 0 radical (unpaired) electrons. The Hall–Kier alpha value is -3.51. The predicted octanol–water partition coefficient (Wildman–Crippen LogP) is 1.74. The number of hydrogen-bond donors (Lipinski definition) is 3. The molecule has 12 heteroatoms. The van der Waals surface area contributed by atoms with E-state index in [2.05, 4.69) is 15.6 Å². The maximum Gasteiger partial charge on any atom is 0.407 e. The number of hydrogen-bond acceptors (Lipinski definition) is 8. The molecule has 4 atom stereocenters. The zero-order valence-corrected chi connectivity index (χ0v) is 23.5. The highest BCUT2D eigenvalue weighted by molar-refractivity contribution is 5.89. The first-order valence-corrected chi connectivity index (χ1v) is 14.0. The lowest BCUT2D eigenvalue weighted by Crippen LogP contribution is -2.53. The summed E-state index contributed by atoms with van der Waals surface area (Å²) in [6.07, 6.45) is 3.54. The number of aliphatic hydroxyl groups is 1. The van der Waals surface area contributed by atoms with Crippen molar-refractivity contribution < 1.29 is 24.2 Å². The highest BCUT2D eigenvalue weighted by Gasteiger charge is 2.45. The van der Waals surface area contributed by atoms with Gasteiger partial charge in [-0.15, -0.1) is 5.10 Å². The van der Waals surface area contributed by atoms with Crippen LogP contribution in [0.1, 0.15) is 70.2 Å². The molecule has 0 saturated carbocycles. The Balaban J connectivity index is 1.44. The molecule has 2 fully saturated rings. The molecule has 2 aliphatic heterocycles. The van der Waals surface area contributed by atoms with Crippen LogP contribution < -0.4 is 11.1 Å². The summed E-state index contributed by atoms with van der Waals surface area (Å²) >= 11 is 0. The van der Waals surface area contributed by atoms with Gasteiger partial charge >= 0.3 is 6.09 Å². The van der Waals surface area contributed by atoms with Crippen LogP contribution in [-0.4, -0.2) is 84.8 Å². The molecule has 3 amide bonds. The summed E-state index contributed by atoms with van der Waals surface area (Å²) in [5.41, 5.74) is 6.85. The van der Waals surface area contributed by atoms with E-state index in [0.29, 0.717) is 44.5 Å². The lowest BCUT2D eigenvalue weighted by molar-refractivity contribution is -0.145. The summed E-state index contributed by atoms with van der Waals surface area (Å²) in [7, 11) is 0. The average Bonchev–Trinajstić information content (AvgIpc) is 3.66. The van der Waals surface area contributed by atoms with Gasteiger partial charge in [0.2, 0.25) is 11.8 Å². The number of carbonyl (C=O) groups is 3. The minimum absolute atomic E-state index is 0.0900. The quantitative estimate of drug-likeness (QED) is 0.395. The molecule has 1 aromatic carbocycles. The monoisotopic (exact) mass is 555 g/mol. The third kappa shape index (κ3) is 7.57.